The molecule has 0 aliphatic carbocycles. The maximum atomic E-state index is 5.99. The van der Waals surface area contributed by atoms with Crippen molar-refractivity contribution in [2.24, 2.45) is 0 Å². The molecule has 24 heavy (non-hydrogen) atoms. The van der Waals surface area contributed by atoms with E-state index in [4.69, 9.17) is 13.6 Å². The molecule has 2 aromatic heterocycles. The Morgan fingerprint density at radius 3 is 2.79 bits per heavy atom. The highest BCUT2D eigenvalue weighted by atomic mass is 16.5. The summed E-state index contributed by atoms with van der Waals surface area (Å²) in [6.07, 6.45) is 1.66. The van der Waals surface area contributed by atoms with Crippen molar-refractivity contribution in [1.29, 1.82) is 0 Å². The van der Waals surface area contributed by atoms with Gasteiger partial charge < -0.3 is 13.6 Å². The highest BCUT2D eigenvalue weighted by Gasteiger charge is 2.28. The van der Waals surface area contributed by atoms with E-state index in [1.165, 1.54) is 5.56 Å². The first-order chi connectivity index (χ1) is 11.8. The Kier molecular flexibility index (Phi) is 4.15. The summed E-state index contributed by atoms with van der Waals surface area (Å²) in [5, 5.41) is 8.20. The third kappa shape index (κ3) is 3.11. The lowest BCUT2D eigenvalue weighted by atomic mass is 10.1. The maximum Gasteiger partial charge on any atom is 0.283 e. The van der Waals surface area contributed by atoms with Crippen LogP contribution in [0.1, 0.15) is 24.5 Å². The standard InChI is InChI=1S/C18H19N3O3/c1-13-12-23-16(14-6-3-2-4-7-14)10-21(13)11-17-19-20-18(24-17)15-8-5-9-22-15/h2-9,13,16H,10-12H2,1H3/t13-,16-/m1/s1. The van der Waals surface area contributed by atoms with Gasteiger partial charge in [0.25, 0.3) is 5.89 Å². The lowest BCUT2D eigenvalue weighted by Crippen LogP contribution is -2.44. The highest BCUT2D eigenvalue weighted by molar-refractivity contribution is 5.42. The zero-order chi connectivity index (χ0) is 16.4. The van der Waals surface area contributed by atoms with Crippen molar-refractivity contribution in [2.45, 2.75) is 25.6 Å². The first-order valence-electron chi connectivity index (χ1n) is 8.06. The van der Waals surface area contributed by atoms with E-state index in [0.29, 0.717) is 36.7 Å². The number of morpholine rings is 1. The largest absolute Gasteiger partial charge is 0.459 e. The number of hydrogen-bond acceptors (Lipinski definition) is 6. The number of furan rings is 1. The number of hydrogen-bond donors (Lipinski definition) is 0. The zero-order valence-electron chi connectivity index (χ0n) is 13.5. The molecule has 0 spiro atoms. The topological polar surface area (TPSA) is 64.5 Å². The molecular formula is C18H19N3O3. The van der Waals surface area contributed by atoms with Gasteiger partial charge in [-0.3, -0.25) is 4.90 Å². The van der Waals surface area contributed by atoms with Crippen molar-refractivity contribution in [1.82, 2.24) is 15.1 Å². The third-order valence-electron chi connectivity index (χ3n) is 4.27. The zero-order valence-corrected chi connectivity index (χ0v) is 13.5. The van der Waals surface area contributed by atoms with Crippen LogP contribution in [0.25, 0.3) is 11.7 Å². The first-order valence-corrected chi connectivity index (χ1v) is 8.06. The molecule has 3 aromatic rings. The van der Waals surface area contributed by atoms with Crippen molar-refractivity contribution >= 4 is 0 Å². The summed E-state index contributed by atoms with van der Waals surface area (Å²) in [6.45, 7) is 4.22. The van der Waals surface area contributed by atoms with Crippen LogP contribution in [-0.4, -0.2) is 34.3 Å². The lowest BCUT2D eigenvalue weighted by molar-refractivity contribution is -0.0655. The van der Waals surface area contributed by atoms with Gasteiger partial charge in [-0.2, -0.15) is 0 Å². The van der Waals surface area contributed by atoms with Crippen molar-refractivity contribution in [3.05, 3.63) is 60.2 Å². The molecule has 0 amide bonds. The third-order valence-corrected chi connectivity index (χ3v) is 4.27. The Morgan fingerprint density at radius 1 is 1.12 bits per heavy atom. The van der Waals surface area contributed by atoms with Gasteiger partial charge in [0.2, 0.25) is 5.89 Å². The minimum atomic E-state index is 0.0647. The Hall–Kier alpha value is -2.44. The van der Waals surface area contributed by atoms with Crippen LogP contribution in [0, 0.1) is 0 Å². The van der Waals surface area contributed by atoms with Gasteiger partial charge in [-0.15, -0.1) is 10.2 Å². The summed E-state index contributed by atoms with van der Waals surface area (Å²) >= 11 is 0. The predicted octanol–water partition coefficient (Wildman–Crippen LogP) is 3.29. The van der Waals surface area contributed by atoms with E-state index in [2.05, 4.69) is 34.2 Å². The van der Waals surface area contributed by atoms with E-state index in [0.717, 1.165) is 6.54 Å². The Morgan fingerprint density at radius 2 is 2.00 bits per heavy atom. The fourth-order valence-electron chi connectivity index (χ4n) is 2.89. The van der Waals surface area contributed by atoms with Gasteiger partial charge in [-0.25, -0.2) is 0 Å². The quantitative estimate of drug-likeness (QED) is 0.733. The van der Waals surface area contributed by atoms with Gasteiger partial charge >= 0.3 is 0 Å². The summed E-state index contributed by atoms with van der Waals surface area (Å²) < 4.78 is 17.0. The molecule has 124 valence electrons. The summed E-state index contributed by atoms with van der Waals surface area (Å²) in [5.41, 5.74) is 1.19. The average Bonchev–Trinajstić information content (AvgIpc) is 3.29. The monoisotopic (exact) mass is 325 g/mol. The van der Waals surface area contributed by atoms with Gasteiger partial charge in [0.15, 0.2) is 5.76 Å². The van der Waals surface area contributed by atoms with Crippen molar-refractivity contribution in [2.75, 3.05) is 13.2 Å². The van der Waals surface area contributed by atoms with Gasteiger partial charge in [-0.1, -0.05) is 30.3 Å². The Balaban J connectivity index is 1.47. The van der Waals surface area contributed by atoms with E-state index in [-0.39, 0.29) is 6.10 Å². The average molecular weight is 325 g/mol. The first kappa shape index (κ1) is 15.1. The maximum absolute atomic E-state index is 5.99. The molecule has 4 rings (SSSR count). The van der Waals surface area contributed by atoms with Gasteiger partial charge in [0.1, 0.15) is 0 Å². The van der Waals surface area contributed by atoms with Crippen molar-refractivity contribution < 1.29 is 13.6 Å². The van der Waals surface area contributed by atoms with Crippen LogP contribution in [0.15, 0.2) is 57.6 Å². The highest BCUT2D eigenvalue weighted by Crippen LogP contribution is 2.26. The molecule has 1 aliphatic rings. The summed E-state index contributed by atoms with van der Waals surface area (Å²) in [6, 6.07) is 14.2. The van der Waals surface area contributed by atoms with Crippen LogP contribution in [-0.2, 0) is 11.3 Å². The van der Waals surface area contributed by atoms with Crippen LogP contribution in [0.5, 0.6) is 0 Å². The molecule has 0 bridgehead atoms. The van der Waals surface area contributed by atoms with E-state index >= 15 is 0 Å². The second-order valence-corrected chi connectivity index (χ2v) is 5.99. The van der Waals surface area contributed by atoms with Crippen molar-refractivity contribution in [3.8, 4) is 11.7 Å². The Labute approximate surface area is 140 Å². The van der Waals surface area contributed by atoms with E-state index < -0.39 is 0 Å². The molecule has 6 heteroatoms. The molecule has 6 nitrogen and oxygen atoms in total. The second kappa shape index (κ2) is 6.59. The normalized spacial score (nSPS) is 21.9. The fraction of sp³-hybridized carbons (Fsp3) is 0.333. The number of benzene rings is 1. The van der Waals surface area contributed by atoms with E-state index in [1.54, 1.807) is 18.4 Å². The van der Waals surface area contributed by atoms with E-state index in [1.807, 2.05) is 18.2 Å². The number of rotatable bonds is 4. The molecule has 1 aliphatic heterocycles. The number of nitrogens with zero attached hydrogens (tertiary/aromatic N) is 3. The molecule has 1 aromatic carbocycles. The van der Waals surface area contributed by atoms with Crippen LogP contribution < -0.4 is 0 Å². The minimum Gasteiger partial charge on any atom is -0.459 e. The molecular weight excluding hydrogens is 306 g/mol. The smallest absolute Gasteiger partial charge is 0.283 e. The molecule has 0 N–H and O–H groups in total. The van der Waals surface area contributed by atoms with Crippen LogP contribution in [0.3, 0.4) is 0 Å². The van der Waals surface area contributed by atoms with Gasteiger partial charge in [-0.05, 0) is 24.6 Å². The van der Waals surface area contributed by atoms with Gasteiger partial charge in [0.05, 0.1) is 25.5 Å². The van der Waals surface area contributed by atoms with Crippen LogP contribution in [0.4, 0.5) is 0 Å². The van der Waals surface area contributed by atoms with E-state index in [9.17, 15) is 0 Å². The molecule has 2 atom stereocenters. The molecule has 1 saturated heterocycles. The molecule has 0 unspecified atom stereocenters. The predicted molar refractivity (Wildman–Crippen MR) is 87.0 cm³/mol. The summed E-state index contributed by atoms with van der Waals surface area (Å²) in [7, 11) is 0. The lowest BCUT2D eigenvalue weighted by Gasteiger charge is -2.37. The number of ether oxygens (including phenoxy) is 1. The van der Waals surface area contributed by atoms with Crippen LogP contribution >= 0.6 is 0 Å². The number of aromatic nitrogens is 2. The summed E-state index contributed by atoms with van der Waals surface area (Å²) in [5.74, 6) is 1.59. The van der Waals surface area contributed by atoms with Crippen LogP contribution in [0.2, 0.25) is 0 Å². The summed E-state index contributed by atoms with van der Waals surface area (Å²) in [4.78, 5) is 2.31. The fourth-order valence-corrected chi connectivity index (χ4v) is 2.89. The Bertz CT molecular complexity index is 770. The molecule has 1 fully saturated rings. The molecule has 0 saturated carbocycles. The second-order valence-electron chi connectivity index (χ2n) is 5.99. The van der Waals surface area contributed by atoms with Crippen molar-refractivity contribution in [3.63, 3.8) is 0 Å². The minimum absolute atomic E-state index is 0.0647. The molecule has 0 radical (unpaired) electrons. The SMILES string of the molecule is C[C@@H]1CO[C@@H](c2ccccc2)CN1Cc1nnc(-c2ccco2)o1. The van der Waals surface area contributed by atoms with Gasteiger partial charge in [0, 0.05) is 12.6 Å². The molecule has 3 heterocycles.